The largest absolute Gasteiger partial charge is 0.365 e. The van der Waals surface area contributed by atoms with E-state index in [0.717, 1.165) is 12.8 Å². The van der Waals surface area contributed by atoms with Crippen molar-refractivity contribution in [2.45, 2.75) is 38.4 Å². The zero-order valence-electron chi connectivity index (χ0n) is 7.82. The van der Waals surface area contributed by atoms with E-state index in [0.29, 0.717) is 5.78 Å². The predicted octanol–water partition coefficient (Wildman–Crippen LogP) is 1.70. The van der Waals surface area contributed by atoms with Gasteiger partial charge in [-0.1, -0.05) is 18.6 Å². The maximum absolute atomic E-state index is 12.1. The molecule has 0 aromatic carbocycles. The normalized spacial score (nSPS) is 52.7. The highest BCUT2D eigenvalue weighted by molar-refractivity contribution is 5.90. The number of ketones is 1. The second-order valence-electron chi connectivity index (χ2n) is 4.69. The van der Waals surface area contributed by atoms with Gasteiger partial charge in [0.05, 0.1) is 17.6 Å². The lowest BCUT2D eigenvalue weighted by Gasteiger charge is -2.45. The molecule has 0 amide bonds. The average Bonchev–Trinajstić information content (AvgIpc) is 2.55. The van der Waals surface area contributed by atoms with Crippen molar-refractivity contribution in [3.05, 3.63) is 12.2 Å². The molecule has 0 spiro atoms. The van der Waals surface area contributed by atoms with E-state index in [1.807, 2.05) is 0 Å². The Kier molecular flexibility index (Phi) is 1.33. The third-order valence-electron chi connectivity index (χ3n) is 3.91. The third kappa shape index (κ3) is 0.798. The highest BCUT2D eigenvalue weighted by Crippen LogP contribution is 2.49. The molecule has 2 fully saturated rings. The standard InChI is InChI=1S/C11H14O2/c1-11-6-2-3-7(10(11)12)8-4-5-9(11)13-8/h4-5,7-9H,2-3,6H2,1H3/t7-,8-,9+,11+/m1/s1. The molecule has 0 radical (unpaired) electrons. The second-order valence-corrected chi connectivity index (χ2v) is 4.69. The molecule has 0 aromatic heterocycles. The van der Waals surface area contributed by atoms with Crippen LogP contribution in [0.25, 0.3) is 0 Å². The van der Waals surface area contributed by atoms with Crippen LogP contribution in [0.1, 0.15) is 26.2 Å². The van der Waals surface area contributed by atoms with Crippen LogP contribution in [0, 0.1) is 11.3 Å². The van der Waals surface area contributed by atoms with Crippen LogP contribution in [0.5, 0.6) is 0 Å². The van der Waals surface area contributed by atoms with E-state index in [2.05, 4.69) is 19.1 Å². The fourth-order valence-corrected chi connectivity index (χ4v) is 3.02. The van der Waals surface area contributed by atoms with Crippen molar-refractivity contribution in [2.24, 2.45) is 11.3 Å². The molecule has 4 atom stereocenters. The lowest BCUT2D eigenvalue weighted by molar-refractivity contribution is -0.164. The van der Waals surface area contributed by atoms with Crippen LogP contribution in [0.4, 0.5) is 0 Å². The van der Waals surface area contributed by atoms with E-state index in [1.165, 1.54) is 6.42 Å². The smallest absolute Gasteiger partial charge is 0.147 e. The Morgan fingerprint density at radius 2 is 2.38 bits per heavy atom. The first kappa shape index (κ1) is 7.74. The molecule has 0 unspecified atom stereocenters. The summed E-state index contributed by atoms with van der Waals surface area (Å²) in [6, 6.07) is 0. The number of carbonyl (C=O) groups is 1. The molecule has 1 saturated carbocycles. The summed E-state index contributed by atoms with van der Waals surface area (Å²) >= 11 is 0. The summed E-state index contributed by atoms with van der Waals surface area (Å²) < 4.78 is 5.81. The average molecular weight is 178 g/mol. The molecular formula is C11H14O2. The number of Topliss-reactive ketones (excluding diaryl/α,β-unsaturated/α-hetero) is 1. The van der Waals surface area contributed by atoms with Crippen LogP contribution in [0.3, 0.4) is 0 Å². The zero-order chi connectivity index (χ0) is 9.05. The van der Waals surface area contributed by atoms with Gasteiger partial charge in [0.1, 0.15) is 5.78 Å². The van der Waals surface area contributed by atoms with Crippen LogP contribution >= 0.6 is 0 Å². The number of hydrogen-bond acceptors (Lipinski definition) is 2. The molecular weight excluding hydrogens is 164 g/mol. The lowest BCUT2D eigenvalue weighted by Crippen LogP contribution is -2.53. The number of hydrogen-bond donors (Lipinski definition) is 0. The number of fused-ring (bicyclic) bond motifs is 6. The van der Waals surface area contributed by atoms with Gasteiger partial charge in [-0.05, 0) is 19.8 Å². The first-order valence-corrected chi connectivity index (χ1v) is 5.10. The SMILES string of the molecule is C[C@@]12CCC[C@@H](C1=O)[C@H]1C=C[C@@H]2O1. The van der Waals surface area contributed by atoms with Crippen molar-refractivity contribution in [3.63, 3.8) is 0 Å². The minimum Gasteiger partial charge on any atom is -0.365 e. The zero-order valence-corrected chi connectivity index (χ0v) is 7.82. The fourth-order valence-electron chi connectivity index (χ4n) is 3.02. The number of rotatable bonds is 0. The molecule has 0 N–H and O–H groups in total. The van der Waals surface area contributed by atoms with Crippen molar-refractivity contribution >= 4 is 5.78 Å². The van der Waals surface area contributed by atoms with Crippen molar-refractivity contribution in [3.8, 4) is 0 Å². The highest BCUT2D eigenvalue weighted by atomic mass is 16.5. The summed E-state index contributed by atoms with van der Waals surface area (Å²) in [7, 11) is 0. The van der Waals surface area contributed by atoms with E-state index in [-0.39, 0.29) is 23.5 Å². The van der Waals surface area contributed by atoms with Crippen LogP contribution in [0.2, 0.25) is 0 Å². The number of carbonyl (C=O) groups excluding carboxylic acids is 1. The summed E-state index contributed by atoms with van der Waals surface area (Å²) in [5.74, 6) is 0.610. The lowest BCUT2D eigenvalue weighted by atomic mass is 9.65. The van der Waals surface area contributed by atoms with Gasteiger partial charge >= 0.3 is 0 Å². The van der Waals surface area contributed by atoms with E-state index >= 15 is 0 Å². The summed E-state index contributed by atoms with van der Waals surface area (Å²) in [4.78, 5) is 12.1. The monoisotopic (exact) mass is 178 g/mol. The Morgan fingerprint density at radius 1 is 1.54 bits per heavy atom. The van der Waals surface area contributed by atoms with Gasteiger partial charge in [-0.2, -0.15) is 0 Å². The van der Waals surface area contributed by atoms with Crippen molar-refractivity contribution in [1.82, 2.24) is 0 Å². The summed E-state index contributed by atoms with van der Waals surface area (Å²) in [5.41, 5.74) is -0.202. The quantitative estimate of drug-likeness (QED) is 0.528. The molecule has 70 valence electrons. The molecule has 3 aliphatic rings. The van der Waals surface area contributed by atoms with Crippen molar-refractivity contribution in [2.75, 3.05) is 0 Å². The van der Waals surface area contributed by atoms with Gasteiger partial charge in [0.15, 0.2) is 0 Å². The highest BCUT2D eigenvalue weighted by Gasteiger charge is 2.55. The van der Waals surface area contributed by atoms with E-state index in [4.69, 9.17) is 4.74 Å². The Hall–Kier alpha value is -0.630. The summed E-state index contributed by atoms with van der Waals surface area (Å²) in [5, 5.41) is 0. The van der Waals surface area contributed by atoms with Crippen LogP contribution in [0.15, 0.2) is 12.2 Å². The van der Waals surface area contributed by atoms with E-state index in [9.17, 15) is 4.79 Å². The van der Waals surface area contributed by atoms with Gasteiger partial charge in [0.2, 0.25) is 0 Å². The molecule has 4 bridgehead atoms. The Labute approximate surface area is 78.0 Å². The fraction of sp³-hybridized carbons (Fsp3) is 0.727. The van der Waals surface area contributed by atoms with Crippen LogP contribution in [-0.4, -0.2) is 18.0 Å². The topological polar surface area (TPSA) is 26.3 Å². The number of ether oxygens (including phenoxy) is 1. The summed E-state index contributed by atoms with van der Waals surface area (Å²) in [6.07, 6.45) is 7.57. The maximum atomic E-state index is 12.1. The molecule has 13 heavy (non-hydrogen) atoms. The summed E-state index contributed by atoms with van der Waals surface area (Å²) in [6.45, 7) is 2.07. The molecule has 0 aromatic rings. The first-order chi connectivity index (χ1) is 6.22. The van der Waals surface area contributed by atoms with Crippen molar-refractivity contribution < 1.29 is 9.53 Å². The second kappa shape index (κ2) is 2.24. The predicted molar refractivity (Wildman–Crippen MR) is 48.3 cm³/mol. The molecule has 2 heteroatoms. The molecule has 1 saturated heterocycles. The van der Waals surface area contributed by atoms with Crippen LogP contribution < -0.4 is 0 Å². The maximum Gasteiger partial charge on any atom is 0.147 e. The minimum absolute atomic E-state index is 0.0709. The van der Waals surface area contributed by atoms with Gasteiger partial charge in [0, 0.05) is 5.92 Å². The van der Waals surface area contributed by atoms with E-state index in [1.54, 1.807) is 0 Å². The molecule has 1 aliphatic carbocycles. The Balaban J connectivity index is 2.09. The molecule has 2 aliphatic heterocycles. The van der Waals surface area contributed by atoms with Crippen molar-refractivity contribution in [1.29, 1.82) is 0 Å². The van der Waals surface area contributed by atoms with Gasteiger partial charge < -0.3 is 4.74 Å². The van der Waals surface area contributed by atoms with Gasteiger partial charge in [-0.3, -0.25) is 4.79 Å². The molecule has 3 rings (SSSR count). The van der Waals surface area contributed by atoms with Gasteiger partial charge in [0.25, 0.3) is 0 Å². The Bertz CT molecular complexity index is 294. The van der Waals surface area contributed by atoms with Gasteiger partial charge in [-0.25, -0.2) is 0 Å². The Morgan fingerprint density at radius 3 is 3.23 bits per heavy atom. The molecule has 2 nitrogen and oxygen atoms in total. The third-order valence-corrected chi connectivity index (χ3v) is 3.91. The van der Waals surface area contributed by atoms with Gasteiger partial charge in [-0.15, -0.1) is 0 Å². The van der Waals surface area contributed by atoms with Crippen LogP contribution in [-0.2, 0) is 9.53 Å². The minimum atomic E-state index is -0.202. The first-order valence-electron chi connectivity index (χ1n) is 5.10. The molecule has 2 heterocycles. The van der Waals surface area contributed by atoms with E-state index < -0.39 is 0 Å².